The van der Waals surface area contributed by atoms with E-state index in [0.29, 0.717) is 5.92 Å². The fraction of sp³-hybridized carbons (Fsp3) is 0.308. The summed E-state index contributed by atoms with van der Waals surface area (Å²) in [6.45, 7) is 4.79. The smallest absolute Gasteiger partial charge is 0.161 e. The Hall–Kier alpha value is -3.34. The van der Waals surface area contributed by atoms with Crippen LogP contribution in [0, 0.1) is 12.8 Å². The molecule has 1 aliphatic rings. The van der Waals surface area contributed by atoms with E-state index < -0.39 is 0 Å². The van der Waals surface area contributed by atoms with Gasteiger partial charge in [-0.2, -0.15) is 0 Å². The molecule has 2 aromatic heterocycles. The van der Waals surface area contributed by atoms with Gasteiger partial charge in [-0.25, -0.2) is 9.97 Å². The minimum atomic E-state index is 0.485. The van der Waals surface area contributed by atoms with E-state index in [-0.39, 0.29) is 0 Å². The number of hydrogen-bond acceptors (Lipinski definition) is 4. The lowest BCUT2D eigenvalue weighted by Crippen LogP contribution is -2.38. The van der Waals surface area contributed by atoms with Crippen molar-refractivity contribution in [2.45, 2.75) is 19.8 Å². The van der Waals surface area contributed by atoms with Crippen molar-refractivity contribution in [1.82, 2.24) is 14.5 Å². The highest BCUT2D eigenvalue weighted by atomic mass is 16.5. The Morgan fingerprint density at radius 2 is 1.87 bits per heavy atom. The van der Waals surface area contributed by atoms with Crippen LogP contribution in [0.4, 0.5) is 5.82 Å². The van der Waals surface area contributed by atoms with Crippen LogP contribution in [0.15, 0.2) is 66.9 Å². The quantitative estimate of drug-likeness (QED) is 0.450. The number of nitrogens with zero attached hydrogens (tertiary/aromatic N) is 4. The maximum Gasteiger partial charge on any atom is 0.161 e. The zero-order valence-electron chi connectivity index (χ0n) is 18.2. The molecule has 1 saturated heterocycles. The van der Waals surface area contributed by atoms with Gasteiger partial charge in [0.05, 0.1) is 18.5 Å². The molecule has 4 aromatic rings. The molecule has 1 atom stereocenters. The Morgan fingerprint density at radius 1 is 1.06 bits per heavy atom. The summed E-state index contributed by atoms with van der Waals surface area (Å²) in [5.74, 6) is 2.42. The summed E-state index contributed by atoms with van der Waals surface area (Å²) < 4.78 is 8.28. The normalized spacial score (nSPS) is 16.6. The van der Waals surface area contributed by atoms with Crippen LogP contribution < -0.4 is 9.64 Å². The van der Waals surface area contributed by atoms with Crippen LogP contribution in [-0.4, -0.2) is 34.2 Å². The second kappa shape index (κ2) is 8.42. The van der Waals surface area contributed by atoms with Gasteiger partial charge in [0, 0.05) is 26.1 Å². The molecule has 2 aromatic carbocycles. The highest BCUT2D eigenvalue weighted by Crippen LogP contribution is 2.28. The summed E-state index contributed by atoms with van der Waals surface area (Å²) in [7, 11) is 2.07. The molecule has 0 radical (unpaired) electrons. The lowest BCUT2D eigenvalue weighted by atomic mass is 9.99. The molecule has 0 spiro atoms. The van der Waals surface area contributed by atoms with Crippen molar-refractivity contribution < 1.29 is 4.74 Å². The van der Waals surface area contributed by atoms with E-state index in [0.717, 1.165) is 54.5 Å². The first-order valence-corrected chi connectivity index (χ1v) is 11.0. The predicted molar refractivity (Wildman–Crippen MR) is 126 cm³/mol. The largest absolute Gasteiger partial charge is 0.493 e. The molecule has 1 aliphatic heterocycles. The van der Waals surface area contributed by atoms with Gasteiger partial charge < -0.3 is 14.2 Å². The molecule has 0 N–H and O–H groups in total. The topological polar surface area (TPSA) is 43.2 Å². The zero-order valence-corrected chi connectivity index (χ0v) is 18.2. The van der Waals surface area contributed by atoms with Crippen molar-refractivity contribution in [3.05, 3.63) is 72.4 Å². The van der Waals surface area contributed by atoms with Crippen molar-refractivity contribution in [3.8, 4) is 17.0 Å². The number of hydrogen-bond donors (Lipinski definition) is 0. The number of aromatic nitrogens is 3. The van der Waals surface area contributed by atoms with Crippen LogP contribution in [0.25, 0.3) is 22.4 Å². The molecule has 5 rings (SSSR count). The van der Waals surface area contributed by atoms with Gasteiger partial charge in [-0.3, -0.25) is 0 Å². The van der Waals surface area contributed by atoms with Crippen LogP contribution in [0.2, 0.25) is 0 Å². The molecule has 158 valence electrons. The molecule has 5 nitrogen and oxygen atoms in total. The molecule has 5 heteroatoms. The molecule has 0 bridgehead atoms. The molecule has 0 aliphatic carbocycles. The fourth-order valence-corrected chi connectivity index (χ4v) is 4.44. The molecule has 1 unspecified atom stereocenters. The van der Waals surface area contributed by atoms with Gasteiger partial charge in [-0.15, -0.1) is 0 Å². The van der Waals surface area contributed by atoms with Crippen molar-refractivity contribution >= 4 is 17.0 Å². The standard InChI is InChI=1S/C26H28N4O/c1-19-9-6-7-13-24(19)31-18-20-10-8-14-30(17-20)25-16-27-22-15-23(29(2)26(22)28-25)21-11-4-3-5-12-21/h3-7,9,11-13,15-16,20H,8,10,14,17-18H2,1-2H3. The average Bonchev–Trinajstić information content (AvgIpc) is 3.15. The zero-order chi connectivity index (χ0) is 21.2. The van der Waals surface area contributed by atoms with Gasteiger partial charge in [-0.05, 0) is 43.0 Å². The van der Waals surface area contributed by atoms with E-state index in [9.17, 15) is 0 Å². The lowest BCUT2D eigenvalue weighted by molar-refractivity contribution is 0.227. The Balaban J connectivity index is 1.34. The number of aryl methyl sites for hydroxylation is 2. The van der Waals surface area contributed by atoms with Gasteiger partial charge >= 0.3 is 0 Å². The Bertz CT molecular complexity index is 1180. The summed E-state index contributed by atoms with van der Waals surface area (Å²) in [6.07, 6.45) is 4.24. The fourth-order valence-electron chi connectivity index (χ4n) is 4.44. The number of anilines is 1. The Labute approximate surface area is 183 Å². The van der Waals surface area contributed by atoms with E-state index in [2.05, 4.69) is 65.9 Å². The van der Waals surface area contributed by atoms with Crippen molar-refractivity contribution in [2.75, 3.05) is 24.6 Å². The highest BCUT2D eigenvalue weighted by molar-refractivity contribution is 5.81. The van der Waals surface area contributed by atoms with E-state index in [1.807, 2.05) is 24.4 Å². The van der Waals surface area contributed by atoms with Gasteiger partial charge in [0.1, 0.15) is 17.1 Å². The first-order chi connectivity index (χ1) is 15.2. The number of benzene rings is 2. The minimum Gasteiger partial charge on any atom is -0.493 e. The van der Waals surface area contributed by atoms with E-state index in [4.69, 9.17) is 14.7 Å². The molecule has 31 heavy (non-hydrogen) atoms. The summed E-state index contributed by atoms with van der Waals surface area (Å²) in [4.78, 5) is 12.1. The molecular formula is C26H28N4O. The summed E-state index contributed by atoms with van der Waals surface area (Å²) in [6, 6.07) is 20.8. The minimum absolute atomic E-state index is 0.485. The first-order valence-electron chi connectivity index (χ1n) is 11.0. The van der Waals surface area contributed by atoms with Gasteiger partial charge in [0.25, 0.3) is 0 Å². The van der Waals surface area contributed by atoms with E-state index >= 15 is 0 Å². The number of ether oxygens (including phenoxy) is 1. The van der Waals surface area contributed by atoms with Crippen LogP contribution in [0.5, 0.6) is 5.75 Å². The molecular weight excluding hydrogens is 384 g/mol. The first kappa shape index (κ1) is 19.6. The number of fused-ring (bicyclic) bond motifs is 1. The van der Waals surface area contributed by atoms with Crippen LogP contribution in [-0.2, 0) is 7.05 Å². The van der Waals surface area contributed by atoms with Gasteiger partial charge in [0.15, 0.2) is 5.65 Å². The molecule has 3 heterocycles. The van der Waals surface area contributed by atoms with Crippen molar-refractivity contribution in [3.63, 3.8) is 0 Å². The van der Waals surface area contributed by atoms with E-state index in [1.54, 1.807) is 0 Å². The SMILES string of the molecule is Cc1ccccc1OCC1CCCN(c2cnc3cc(-c4ccccc4)n(C)c3n2)C1. The van der Waals surface area contributed by atoms with Crippen LogP contribution in [0.3, 0.4) is 0 Å². The van der Waals surface area contributed by atoms with Crippen LogP contribution in [0.1, 0.15) is 18.4 Å². The molecule has 0 saturated carbocycles. The summed E-state index contributed by atoms with van der Waals surface area (Å²) in [5, 5.41) is 0. The third-order valence-electron chi connectivity index (χ3n) is 6.20. The molecule has 1 fully saturated rings. The van der Waals surface area contributed by atoms with Crippen LogP contribution >= 0.6 is 0 Å². The summed E-state index contributed by atoms with van der Waals surface area (Å²) >= 11 is 0. The van der Waals surface area contributed by atoms with Gasteiger partial charge in [-0.1, -0.05) is 48.5 Å². The Morgan fingerprint density at radius 3 is 2.71 bits per heavy atom. The second-order valence-electron chi connectivity index (χ2n) is 8.42. The molecule has 0 amide bonds. The summed E-state index contributed by atoms with van der Waals surface area (Å²) in [5.41, 5.74) is 5.36. The average molecular weight is 413 g/mol. The van der Waals surface area contributed by atoms with Crippen molar-refractivity contribution in [1.29, 1.82) is 0 Å². The third-order valence-corrected chi connectivity index (χ3v) is 6.20. The lowest BCUT2D eigenvalue weighted by Gasteiger charge is -2.33. The monoisotopic (exact) mass is 412 g/mol. The van der Waals surface area contributed by atoms with Crippen molar-refractivity contribution in [2.24, 2.45) is 13.0 Å². The number of piperidine rings is 1. The Kier molecular flexibility index (Phi) is 5.33. The van der Waals surface area contributed by atoms with Gasteiger partial charge in [0.2, 0.25) is 0 Å². The third kappa shape index (κ3) is 4.00. The second-order valence-corrected chi connectivity index (χ2v) is 8.42. The number of rotatable bonds is 5. The van der Waals surface area contributed by atoms with E-state index in [1.165, 1.54) is 17.5 Å². The predicted octanol–water partition coefficient (Wildman–Crippen LogP) is 5.24. The highest BCUT2D eigenvalue weighted by Gasteiger charge is 2.23. The number of para-hydroxylation sites is 1. The maximum absolute atomic E-state index is 6.14. The maximum atomic E-state index is 6.14.